The maximum atomic E-state index is 10.8. The van der Waals surface area contributed by atoms with Crippen molar-refractivity contribution in [2.24, 2.45) is 11.8 Å². The second-order valence-electron chi connectivity index (χ2n) is 6.64. The third-order valence-corrected chi connectivity index (χ3v) is 5.04. The molecule has 0 saturated carbocycles. The molecule has 0 aliphatic carbocycles. The van der Waals surface area contributed by atoms with Crippen molar-refractivity contribution in [2.45, 2.75) is 18.8 Å². The number of hydrogen-bond donors (Lipinski definition) is 4. The van der Waals surface area contributed by atoms with Crippen molar-refractivity contribution in [2.75, 3.05) is 20.8 Å². The van der Waals surface area contributed by atoms with Crippen molar-refractivity contribution in [3.8, 4) is 23.0 Å². The lowest BCUT2D eigenvalue weighted by molar-refractivity contribution is -0.0823. The highest BCUT2D eigenvalue weighted by molar-refractivity contribution is 5.43. The Hall–Kier alpha value is -2.48. The molecule has 0 aromatic heterocycles. The summed E-state index contributed by atoms with van der Waals surface area (Å²) in [5, 5.41) is 40.6. The molecule has 7 heteroatoms. The maximum Gasteiger partial charge on any atom is 0.160 e. The largest absolute Gasteiger partial charge is 0.504 e. The smallest absolute Gasteiger partial charge is 0.160 e. The van der Waals surface area contributed by atoms with E-state index in [9.17, 15) is 20.4 Å². The Labute approximate surface area is 157 Å². The molecule has 1 heterocycles. The molecule has 0 radical (unpaired) electrons. The van der Waals surface area contributed by atoms with Crippen LogP contribution in [0.4, 0.5) is 0 Å². The molecule has 1 saturated heterocycles. The number of hydrogen-bond acceptors (Lipinski definition) is 7. The van der Waals surface area contributed by atoms with Crippen LogP contribution in [0.25, 0.3) is 0 Å². The molecule has 0 amide bonds. The number of methoxy groups -OCH3 is 2. The van der Waals surface area contributed by atoms with Crippen LogP contribution >= 0.6 is 0 Å². The molecule has 1 aliphatic heterocycles. The minimum Gasteiger partial charge on any atom is -0.504 e. The molecule has 1 aliphatic rings. The molecule has 27 heavy (non-hydrogen) atoms. The standard InChI is InChI=1S/C20H24O7/c1-25-17-8-11(3-5-15(17)21)7-13-14(10-27-20(13)24)19(23)12-4-6-16(22)18(9-12)26-2/h3-6,8-9,13-14,19-24H,7,10H2,1-2H3/t13-,14+,19+,20+/m1/s1. The number of phenols is 2. The fraction of sp³-hybridized carbons (Fsp3) is 0.400. The van der Waals surface area contributed by atoms with Gasteiger partial charge in [-0.15, -0.1) is 0 Å². The van der Waals surface area contributed by atoms with Crippen molar-refractivity contribution < 1.29 is 34.6 Å². The Kier molecular flexibility index (Phi) is 5.74. The van der Waals surface area contributed by atoms with Crippen LogP contribution in [-0.2, 0) is 11.2 Å². The summed E-state index contributed by atoms with van der Waals surface area (Å²) in [5.41, 5.74) is 1.42. The van der Waals surface area contributed by atoms with E-state index in [0.717, 1.165) is 5.56 Å². The van der Waals surface area contributed by atoms with Crippen LogP contribution in [0.5, 0.6) is 23.0 Å². The van der Waals surface area contributed by atoms with Gasteiger partial charge in [0, 0.05) is 11.8 Å². The van der Waals surface area contributed by atoms with Crippen molar-refractivity contribution in [3.63, 3.8) is 0 Å². The zero-order valence-electron chi connectivity index (χ0n) is 15.2. The van der Waals surface area contributed by atoms with Gasteiger partial charge in [-0.2, -0.15) is 0 Å². The van der Waals surface area contributed by atoms with E-state index >= 15 is 0 Å². The Balaban J connectivity index is 1.82. The summed E-state index contributed by atoms with van der Waals surface area (Å²) in [7, 11) is 2.91. The van der Waals surface area contributed by atoms with Crippen molar-refractivity contribution >= 4 is 0 Å². The lowest BCUT2D eigenvalue weighted by Gasteiger charge is -2.25. The van der Waals surface area contributed by atoms with Gasteiger partial charge in [0.15, 0.2) is 29.3 Å². The molecule has 7 nitrogen and oxygen atoms in total. The van der Waals surface area contributed by atoms with Crippen LogP contribution in [0.3, 0.4) is 0 Å². The SMILES string of the molecule is COc1cc(C[C@@H]2[C@@H]([C@@H](O)c3ccc(O)c(OC)c3)CO[C@@H]2O)ccc1O. The average molecular weight is 376 g/mol. The van der Waals surface area contributed by atoms with Crippen molar-refractivity contribution in [1.82, 2.24) is 0 Å². The highest BCUT2D eigenvalue weighted by Crippen LogP contribution is 2.40. The molecule has 0 spiro atoms. The molecule has 146 valence electrons. The molecule has 2 aromatic rings. The van der Waals surface area contributed by atoms with Gasteiger partial charge in [-0.1, -0.05) is 12.1 Å². The number of benzene rings is 2. The lowest BCUT2D eigenvalue weighted by atomic mass is 9.82. The molecular weight excluding hydrogens is 352 g/mol. The normalized spacial score (nSPS) is 23.2. The van der Waals surface area contributed by atoms with E-state index in [1.165, 1.54) is 26.4 Å². The third kappa shape index (κ3) is 3.95. The van der Waals surface area contributed by atoms with Gasteiger partial charge in [0.1, 0.15) is 0 Å². The maximum absolute atomic E-state index is 10.8. The molecule has 4 atom stereocenters. The number of ether oxygens (including phenoxy) is 3. The van der Waals surface area contributed by atoms with E-state index in [-0.39, 0.29) is 35.7 Å². The number of phenolic OH excluding ortho intramolecular Hbond substituents is 2. The molecule has 4 N–H and O–H groups in total. The first-order chi connectivity index (χ1) is 12.9. The predicted octanol–water partition coefficient (Wildman–Crippen LogP) is 1.97. The lowest BCUT2D eigenvalue weighted by Crippen LogP contribution is -2.27. The summed E-state index contributed by atoms with van der Waals surface area (Å²) in [4.78, 5) is 0. The van der Waals surface area contributed by atoms with Crippen LogP contribution in [0.2, 0.25) is 0 Å². The monoisotopic (exact) mass is 376 g/mol. The van der Waals surface area contributed by atoms with Gasteiger partial charge in [-0.25, -0.2) is 0 Å². The fourth-order valence-electron chi connectivity index (χ4n) is 3.49. The topological polar surface area (TPSA) is 109 Å². The summed E-state index contributed by atoms with van der Waals surface area (Å²) in [5.74, 6) is -0.0589. The fourth-order valence-corrected chi connectivity index (χ4v) is 3.49. The third-order valence-electron chi connectivity index (χ3n) is 5.04. The predicted molar refractivity (Wildman–Crippen MR) is 96.9 cm³/mol. The van der Waals surface area contributed by atoms with Gasteiger partial charge in [0.05, 0.1) is 26.9 Å². The van der Waals surface area contributed by atoms with E-state index in [4.69, 9.17) is 14.2 Å². The van der Waals surface area contributed by atoms with E-state index in [1.807, 2.05) is 0 Å². The second-order valence-corrected chi connectivity index (χ2v) is 6.64. The van der Waals surface area contributed by atoms with E-state index in [2.05, 4.69) is 0 Å². The first kappa shape index (κ1) is 19.3. The number of rotatable bonds is 6. The van der Waals surface area contributed by atoms with Gasteiger partial charge in [-0.05, 0) is 41.8 Å². The van der Waals surface area contributed by atoms with E-state index in [0.29, 0.717) is 17.7 Å². The molecule has 2 aromatic carbocycles. The molecule has 1 fully saturated rings. The van der Waals surface area contributed by atoms with Crippen molar-refractivity contribution in [1.29, 1.82) is 0 Å². The van der Waals surface area contributed by atoms with Crippen LogP contribution in [-0.4, -0.2) is 47.5 Å². The summed E-state index contributed by atoms with van der Waals surface area (Å²) in [6.07, 6.45) is -1.47. The Morgan fingerprint density at radius 2 is 1.67 bits per heavy atom. The molecular formula is C20H24O7. The summed E-state index contributed by atoms with van der Waals surface area (Å²) >= 11 is 0. The zero-order valence-corrected chi connectivity index (χ0v) is 15.2. The van der Waals surface area contributed by atoms with Crippen LogP contribution in [0.1, 0.15) is 17.2 Å². The summed E-state index contributed by atoms with van der Waals surface area (Å²) in [6, 6.07) is 9.64. The first-order valence-electron chi connectivity index (χ1n) is 8.65. The van der Waals surface area contributed by atoms with Gasteiger partial charge in [0.2, 0.25) is 0 Å². The Morgan fingerprint density at radius 3 is 2.33 bits per heavy atom. The quantitative estimate of drug-likeness (QED) is 0.610. The van der Waals surface area contributed by atoms with Gasteiger partial charge < -0.3 is 34.6 Å². The molecule has 0 unspecified atom stereocenters. The number of aromatic hydroxyl groups is 2. The number of aliphatic hydroxyl groups is 2. The zero-order chi connectivity index (χ0) is 19.6. The Bertz CT molecular complexity index is 792. The average Bonchev–Trinajstić information content (AvgIpc) is 3.03. The van der Waals surface area contributed by atoms with Gasteiger partial charge in [-0.3, -0.25) is 0 Å². The number of aliphatic hydroxyl groups excluding tert-OH is 2. The first-order valence-corrected chi connectivity index (χ1v) is 8.65. The molecule has 0 bridgehead atoms. The van der Waals surface area contributed by atoms with Crippen LogP contribution in [0, 0.1) is 11.8 Å². The summed E-state index contributed by atoms with van der Waals surface area (Å²) in [6.45, 7) is 0.200. The van der Waals surface area contributed by atoms with Gasteiger partial charge in [0.25, 0.3) is 0 Å². The van der Waals surface area contributed by atoms with E-state index in [1.54, 1.807) is 24.3 Å². The van der Waals surface area contributed by atoms with E-state index < -0.39 is 12.4 Å². The Morgan fingerprint density at radius 1 is 1.04 bits per heavy atom. The van der Waals surface area contributed by atoms with Gasteiger partial charge >= 0.3 is 0 Å². The minimum absolute atomic E-state index is 0.0103. The highest BCUT2D eigenvalue weighted by Gasteiger charge is 2.41. The molecule has 3 rings (SSSR count). The summed E-state index contributed by atoms with van der Waals surface area (Å²) < 4.78 is 15.6. The minimum atomic E-state index is -1.01. The highest BCUT2D eigenvalue weighted by atomic mass is 16.6. The van der Waals surface area contributed by atoms with Crippen LogP contribution in [0.15, 0.2) is 36.4 Å². The van der Waals surface area contributed by atoms with Crippen molar-refractivity contribution in [3.05, 3.63) is 47.5 Å². The van der Waals surface area contributed by atoms with Crippen LogP contribution < -0.4 is 9.47 Å². The second kappa shape index (κ2) is 8.04.